The van der Waals surface area contributed by atoms with Crippen LogP contribution < -0.4 is 14.8 Å². The summed E-state index contributed by atoms with van der Waals surface area (Å²) in [5, 5.41) is 2.45. The van der Waals surface area contributed by atoms with Crippen molar-refractivity contribution in [1.82, 2.24) is 5.32 Å². The van der Waals surface area contributed by atoms with Gasteiger partial charge in [0, 0.05) is 18.9 Å². The first-order valence-corrected chi connectivity index (χ1v) is 12.5. The average molecular weight is 608 g/mol. The van der Waals surface area contributed by atoms with Crippen molar-refractivity contribution in [3.63, 3.8) is 0 Å². The Kier molecular flexibility index (Phi) is 10.1. The summed E-state index contributed by atoms with van der Waals surface area (Å²) in [5.41, 5.74) is -2.05. The number of nitrogens with one attached hydrogen (secondary N) is 1. The van der Waals surface area contributed by atoms with Crippen LogP contribution >= 0.6 is 0 Å². The van der Waals surface area contributed by atoms with E-state index in [0.29, 0.717) is 11.6 Å². The van der Waals surface area contributed by atoms with E-state index in [9.17, 15) is 44.3 Å². The molecule has 1 atom stereocenters. The third kappa shape index (κ3) is 8.56. The van der Waals surface area contributed by atoms with Crippen LogP contribution in [0.4, 0.5) is 39.5 Å². The molecule has 42 heavy (non-hydrogen) atoms. The van der Waals surface area contributed by atoms with Crippen molar-refractivity contribution in [3.8, 4) is 11.5 Å². The highest BCUT2D eigenvalue weighted by Gasteiger charge is 2.45. The van der Waals surface area contributed by atoms with Gasteiger partial charge in [-0.25, -0.2) is 8.78 Å². The van der Waals surface area contributed by atoms with E-state index in [4.69, 9.17) is 4.74 Å². The monoisotopic (exact) mass is 607 g/mol. The number of alkyl halides is 7. The lowest BCUT2D eigenvalue weighted by Crippen LogP contribution is -2.49. The second-order valence-electron chi connectivity index (χ2n) is 9.68. The smallest absolute Gasteiger partial charge is 0.461 e. The van der Waals surface area contributed by atoms with Gasteiger partial charge >= 0.3 is 18.7 Å². The van der Waals surface area contributed by atoms with Crippen LogP contribution in [0.5, 0.6) is 11.5 Å². The number of carbonyl (C=O) groups excluding carboxylic acids is 1. The first-order chi connectivity index (χ1) is 19.5. The molecule has 3 aromatic carbocycles. The summed E-state index contributed by atoms with van der Waals surface area (Å²) in [6, 6.07) is 13.1. The molecule has 0 spiro atoms. The molecule has 0 bridgehead atoms. The highest BCUT2D eigenvalue weighted by Crippen LogP contribution is 2.39. The van der Waals surface area contributed by atoms with E-state index >= 15 is 0 Å². The van der Waals surface area contributed by atoms with Crippen LogP contribution in [0.2, 0.25) is 0 Å². The zero-order valence-electron chi connectivity index (χ0n) is 22.3. The first-order valence-electron chi connectivity index (χ1n) is 12.5. The number of halogens is 9. The SMILES string of the molecule is CC(C)Oc1cc(C(Cc2ccccc2)(NC(=O)CCC(F)(F)F)c2cc(F)cc(OC(F)(F)C(F)F)c2)ccc1F. The minimum absolute atomic E-state index is 0.0408. The molecule has 0 heterocycles. The van der Waals surface area contributed by atoms with Crippen molar-refractivity contribution < 1.29 is 53.8 Å². The van der Waals surface area contributed by atoms with Gasteiger partial charge in [-0.2, -0.15) is 30.7 Å². The molecule has 1 unspecified atom stereocenters. The molecule has 0 aliphatic carbocycles. The lowest BCUT2D eigenvalue weighted by Gasteiger charge is -2.37. The molecule has 0 saturated heterocycles. The molecule has 0 aliphatic rings. The van der Waals surface area contributed by atoms with E-state index in [1.807, 2.05) is 0 Å². The summed E-state index contributed by atoms with van der Waals surface area (Å²) in [4.78, 5) is 13.0. The van der Waals surface area contributed by atoms with Crippen LogP contribution in [0.1, 0.15) is 43.4 Å². The number of amides is 1. The molecule has 3 rings (SSSR count). The van der Waals surface area contributed by atoms with Crippen molar-refractivity contribution in [2.24, 2.45) is 0 Å². The Hall–Kier alpha value is -3.90. The maximum atomic E-state index is 14.9. The van der Waals surface area contributed by atoms with Gasteiger partial charge in [0.1, 0.15) is 11.6 Å². The van der Waals surface area contributed by atoms with Crippen molar-refractivity contribution in [1.29, 1.82) is 0 Å². The highest BCUT2D eigenvalue weighted by atomic mass is 19.4. The number of hydrogen-bond acceptors (Lipinski definition) is 3. The van der Waals surface area contributed by atoms with E-state index in [-0.39, 0.29) is 23.3 Å². The van der Waals surface area contributed by atoms with Crippen LogP contribution in [0, 0.1) is 11.6 Å². The van der Waals surface area contributed by atoms with Crippen LogP contribution in [0.25, 0.3) is 0 Å². The Morgan fingerprint density at radius 1 is 0.881 bits per heavy atom. The molecular formula is C29H26F9NO3. The molecular weight excluding hydrogens is 581 g/mol. The number of benzene rings is 3. The van der Waals surface area contributed by atoms with Crippen molar-refractivity contribution in [3.05, 3.63) is 95.1 Å². The van der Waals surface area contributed by atoms with Gasteiger partial charge in [0.05, 0.1) is 18.1 Å². The number of ether oxygens (including phenoxy) is 2. The molecule has 1 N–H and O–H groups in total. The number of hydrogen-bond donors (Lipinski definition) is 1. The summed E-state index contributed by atoms with van der Waals surface area (Å²) in [6.45, 7) is 3.17. The Bertz CT molecular complexity index is 1360. The molecule has 0 saturated carbocycles. The minimum atomic E-state index is -5.03. The van der Waals surface area contributed by atoms with Gasteiger partial charge in [0.2, 0.25) is 5.91 Å². The van der Waals surface area contributed by atoms with E-state index in [2.05, 4.69) is 10.1 Å². The summed E-state index contributed by atoms with van der Waals surface area (Å²) in [5.74, 6) is -4.66. The van der Waals surface area contributed by atoms with Gasteiger partial charge in [0.25, 0.3) is 0 Å². The number of rotatable bonds is 12. The maximum Gasteiger partial charge on any atom is 0.461 e. The standard InChI is InChI=1S/C29H26F9NO3/c1-17(2)41-24-14-19(8-9-23(24)31)27(16-18-6-4-3-5-7-18,39-25(40)10-11-28(34,35)36)20-12-21(30)15-22(13-20)42-29(37,38)26(32)33/h3-9,12-15,17,26H,10-11,16H2,1-2H3,(H,39,40). The Morgan fingerprint density at radius 3 is 2.14 bits per heavy atom. The fourth-order valence-corrected chi connectivity index (χ4v) is 4.20. The molecule has 0 aliphatic heterocycles. The topological polar surface area (TPSA) is 47.6 Å². The van der Waals surface area contributed by atoms with E-state index < -0.39 is 66.5 Å². The Morgan fingerprint density at radius 2 is 1.55 bits per heavy atom. The van der Waals surface area contributed by atoms with Crippen LogP contribution in [0.15, 0.2) is 66.7 Å². The fourth-order valence-electron chi connectivity index (χ4n) is 4.20. The average Bonchev–Trinajstić information content (AvgIpc) is 2.87. The van der Waals surface area contributed by atoms with Crippen LogP contribution in [-0.4, -0.2) is 30.7 Å². The van der Waals surface area contributed by atoms with Gasteiger partial charge in [-0.05, 0) is 54.8 Å². The Labute approximate surface area is 235 Å². The number of carbonyl (C=O) groups is 1. The lowest BCUT2D eigenvalue weighted by atomic mass is 9.77. The molecule has 0 radical (unpaired) electrons. The van der Waals surface area contributed by atoms with Gasteiger partial charge in [-0.1, -0.05) is 36.4 Å². The summed E-state index contributed by atoms with van der Waals surface area (Å²) >= 11 is 0. The predicted octanol–water partition coefficient (Wildman–Crippen LogP) is 7.93. The molecule has 0 aromatic heterocycles. The quantitative estimate of drug-likeness (QED) is 0.213. The fraction of sp³-hybridized carbons (Fsp3) is 0.345. The zero-order chi connectivity index (χ0) is 31.3. The minimum Gasteiger partial charge on any atom is -0.488 e. The van der Waals surface area contributed by atoms with Crippen molar-refractivity contribution >= 4 is 5.91 Å². The molecule has 1 amide bonds. The second kappa shape index (κ2) is 13.0. The summed E-state index contributed by atoms with van der Waals surface area (Å²) in [7, 11) is 0. The molecule has 0 fully saturated rings. The first kappa shape index (κ1) is 32.6. The highest BCUT2D eigenvalue weighted by molar-refractivity contribution is 5.78. The van der Waals surface area contributed by atoms with Crippen molar-refractivity contribution in [2.45, 2.75) is 63.5 Å². The van der Waals surface area contributed by atoms with Gasteiger partial charge in [0.15, 0.2) is 11.6 Å². The van der Waals surface area contributed by atoms with Crippen LogP contribution in [-0.2, 0) is 16.8 Å². The largest absolute Gasteiger partial charge is 0.488 e. The predicted molar refractivity (Wildman–Crippen MR) is 135 cm³/mol. The third-order valence-electron chi connectivity index (χ3n) is 5.96. The lowest BCUT2D eigenvalue weighted by molar-refractivity contribution is -0.253. The molecule has 228 valence electrons. The molecule has 3 aromatic rings. The molecule has 4 nitrogen and oxygen atoms in total. The summed E-state index contributed by atoms with van der Waals surface area (Å²) < 4.78 is 131. The van der Waals surface area contributed by atoms with Gasteiger partial charge in [-0.3, -0.25) is 4.79 Å². The van der Waals surface area contributed by atoms with Crippen molar-refractivity contribution in [2.75, 3.05) is 0 Å². The van der Waals surface area contributed by atoms with E-state index in [1.165, 1.54) is 0 Å². The Balaban J connectivity index is 2.30. The van der Waals surface area contributed by atoms with E-state index in [0.717, 1.165) is 30.3 Å². The van der Waals surface area contributed by atoms with Crippen LogP contribution in [0.3, 0.4) is 0 Å². The zero-order valence-corrected chi connectivity index (χ0v) is 22.3. The van der Waals surface area contributed by atoms with E-state index in [1.54, 1.807) is 44.2 Å². The normalized spacial score (nSPS) is 13.6. The van der Waals surface area contributed by atoms with Gasteiger partial charge < -0.3 is 14.8 Å². The third-order valence-corrected chi connectivity index (χ3v) is 5.96. The maximum absolute atomic E-state index is 14.9. The van der Waals surface area contributed by atoms with Gasteiger partial charge in [-0.15, -0.1) is 0 Å². The summed E-state index contributed by atoms with van der Waals surface area (Å²) in [6.07, 6.45) is -17.5. The molecule has 13 heteroatoms. The second-order valence-corrected chi connectivity index (χ2v) is 9.68.